The van der Waals surface area contributed by atoms with E-state index in [1.165, 1.54) is 0 Å². The minimum Gasteiger partial charge on any atom is -0.384 e. The number of anilines is 1. The average molecular weight is 372 g/mol. The minimum atomic E-state index is -0.915. The van der Waals surface area contributed by atoms with Crippen LogP contribution in [0.5, 0.6) is 0 Å². The fourth-order valence-corrected chi connectivity index (χ4v) is 2.93. The smallest absolute Gasteiger partial charge is 0.257 e. The summed E-state index contributed by atoms with van der Waals surface area (Å²) in [5, 5.41) is 14.3. The molecule has 3 aromatic rings. The maximum Gasteiger partial charge on any atom is 0.257 e. The van der Waals surface area contributed by atoms with Gasteiger partial charge in [0.2, 0.25) is 0 Å². The number of aliphatic hydroxyl groups excluding tert-OH is 1. The molecule has 1 unspecified atom stereocenters. The van der Waals surface area contributed by atoms with Crippen LogP contribution in [0.25, 0.3) is 0 Å². The van der Waals surface area contributed by atoms with Crippen LogP contribution in [0.2, 0.25) is 10.0 Å². The van der Waals surface area contributed by atoms with Crippen molar-refractivity contribution >= 4 is 34.8 Å². The standard InChI is InChI=1S/C20H15Cl2NO2/c21-14-10-11-18(23-20(25)15-8-4-5-9-17(15)22)16(12-14)19(24)13-6-2-1-3-7-13/h1-12,19,24H,(H,23,25). The van der Waals surface area contributed by atoms with E-state index >= 15 is 0 Å². The van der Waals surface area contributed by atoms with Crippen LogP contribution < -0.4 is 5.32 Å². The topological polar surface area (TPSA) is 49.3 Å². The van der Waals surface area contributed by atoms with Crippen LogP contribution in [0.1, 0.15) is 27.6 Å². The van der Waals surface area contributed by atoms with Gasteiger partial charge in [-0.15, -0.1) is 0 Å². The zero-order valence-corrected chi connectivity index (χ0v) is 14.6. The molecule has 0 saturated carbocycles. The highest BCUT2D eigenvalue weighted by atomic mass is 35.5. The lowest BCUT2D eigenvalue weighted by atomic mass is 9.99. The predicted octanol–water partition coefficient (Wildman–Crippen LogP) is 5.33. The van der Waals surface area contributed by atoms with Crippen molar-refractivity contribution in [2.24, 2.45) is 0 Å². The minimum absolute atomic E-state index is 0.352. The zero-order valence-electron chi connectivity index (χ0n) is 13.1. The Kier molecular flexibility index (Phi) is 5.39. The molecule has 0 bridgehead atoms. The number of nitrogens with one attached hydrogen (secondary N) is 1. The Labute approximate surface area is 155 Å². The lowest BCUT2D eigenvalue weighted by Gasteiger charge is -2.17. The molecule has 1 amide bonds. The van der Waals surface area contributed by atoms with E-state index in [1.54, 1.807) is 42.5 Å². The van der Waals surface area contributed by atoms with Crippen LogP contribution in [0.3, 0.4) is 0 Å². The summed E-state index contributed by atoms with van der Waals surface area (Å²) in [6.45, 7) is 0. The van der Waals surface area contributed by atoms with E-state index in [0.717, 1.165) is 0 Å². The Morgan fingerprint density at radius 2 is 1.60 bits per heavy atom. The molecular formula is C20H15Cl2NO2. The maximum absolute atomic E-state index is 12.5. The number of hydrogen-bond acceptors (Lipinski definition) is 2. The van der Waals surface area contributed by atoms with Crippen molar-refractivity contribution in [2.45, 2.75) is 6.10 Å². The van der Waals surface area contributed by atoms with Gasteiger partial charge in [-0.2, -0.15) is 0 Å². The molecule has 3 aromatic carbocycles. The van der Waals surface area contributed by atoms with Crippen LogP contribution in [0.4, 0.5) is 5.69 Å². The molecule has 0 aliphatic heterocycles. The molecule has 1 atom stereocenters. The van der Waals surface area contributed by atoms with Gasteiger partial charge < -0.3 is 10.4 Å². The number of carbonyl (C=O) groups excluding carboxylic acids is 1. The number of benzene rings is 3. The molecular weight excluding hydrogens is 357 g/mol. The number of halogens is 2. The summed E-state index contributed by atoms with van der Waals surface area (Å²) in [7, 11) is 0. The van der Waals surface area contributed by atoms with Crippen molar-refractivity contribution in [1.82, 2.24) is 0 Å². The van der Waals surface area contributed by atoms with Crippen LogP contribution in [-0.4, -0.2) is 11.0 Å². The van der Waals surface area contributed by atoms with Crippen molar-refractivity contribution < 1.29 is 9.90 Å². The second-order valence-corrected chi connectivity index (χ2v) is 6.32. The molecule has 0 spiro atoms. The first kappa shape index (κ1) is 17.5. The van der Waals surface area contributed by atoms with Crippen LogP contribution in [0.15, 0.2) is 72.8 Å². The van der Waals surface area contributed by atoms with Crippen LogP contribution >= 0.6 is 23.2 Å². The summed E-state index contributed by atoms with van der Waals surface area (Å²) in [5.41, 5.74) is 2.06. The van der Waals surface area contributed by atoms with Crippen molar-refractivity contribution in [3.05, 3.63) is 99.5 Å². The predicted molar refractivity (Wildman–Crippen MR) is 101 cm³/mol. The van der Waals surface area contributed by atoms with Crippen molar-refractivity contribution in [2.75, 3.05) is 5.32 Å². The number of rotatable bonds is 4. The van der Waals surface area contributed by atoms with E-state index in [2.05, 4.69) is 5.32 Å². The Hall–Kier alpha value is -2.33. The second kappa shape index (κ2) is 7.70. The van der Waals surface area contributed by atoms with Gasteiger partial charge in [0.15, 0.2) is 0 Å². The largest absolute Gasteiger partial charge is 0.384 e. The summed E-state index contributed by atoms with van der Waals surface area (Å²) < 4.78 is 0. The normalized spacial score (nSPS) is 11.8. The molecule has 5 heteroatoms. The van der Waals surface area contributed by atoms with Gasteiger partial charge in [0, 0.05) is 16.3 Å². The average Bonchev–Trinajstić information content (AvgIpc) is 2.63. The quantitative estimate of drug-likeness (QED) is 0.651. The van der Waals surface area contributed by atoms with Gasteiger partial charge in [0.25, 0.3) is 5.91 Å². The second-order valence-electron chi connectivity index (χ2n) is 5.48. The van der Waals surface area contributed by atoms with Crippen LogP contribution in [0, 0.1) is 0 Å². The summed E-state index contributed by atoms with van der Waals surface area (Å²) in [5.74, 6) is -0.352. The van der Waals surface area contributed by atoms with Crippen molar-refractivity contribution in [3.8, 4) is 0 Å². The van der Waals surface area contributed by atoms with Gasteiger partial charge in [-0.05, 0) is 35.9 Å². The third kappa shape index (κ3) is 4.02. The first-order valence-electron chi connectivity index (χ1n) is 7.64. The molecule has 0 aliphatic rings. The SMILES string of the molecule is O=C(Nc1ccc(Cl)cc1C(O)c1ccccc1)c1ccccc1Cl. The van der Waals surface area contributed by atoms with Crippen LogP contribution in [-0.2, 0) is 0 Å². The molecule has 0 aliphatic carbocycles. The van der Waals surface area contributed by atoms with Gasteiger partial charge >= 0.3 is 0 Å². The highest BCUT2D eigenvalue weighted by Crippen LogP contribution is 2.31. The zero-order chi connectivity index (χ0) is 17.8. The Bertz CT molecular complexity index is 897. The molecule has 3 nitrogen and oxygen atoms in total. The number of hydrogen-bond donors (Lipinski definition) is 2. The molecule has 2 N–H and O–H groups in total. The van der Waals surface area contributed by atoms with Gasteiger partial charge in [0.1, 0.15) is 6.10 Å². The van der Waals surface area contributed by atoms with Gasteiger partial charge in [0.05, 0.1) is 10.6 Å². The van der Waals surface area contributed by atoms with E-state index < -0.39 is 6.10 Å². The fourth-order valence-electron chi connectivity index (χ4n) is 2.52. The van der Waals surface area contributed by atoms with Gasteiger partial charge in [-0.25, -0.2) is 0 Å². The monoisotopic (exact) mass is 371 g/mol. The molecule has 3 rings (SSSR count). The fraction of sp³-hybridized carbons (Fsp3) is 0.0500. The number of carbonyl (C=O) groups is 1. The summed E-state index contributed by atoms with van der Waals surface area (Å²) in [6.07, 6.45) is -0.915. The first-order valence-corrected chi connectivity index (χ1v) is 8.40. The molecule has 0 radical (unpaired) electrons. The lowest BCUT2D eigenvalue weighted by Crippen LogP contribution is -2.15. The van der Waals surface area contributed by atoms with Crippen molar-refractivity contribution in [1.29, 1.82) is 0 Å². The maximum atomic E-state index is 12.5. The summed E-state index contributed by atoms with van der Waals surface area (Å²) in [4.78, 5) is 12.5. The van der Waals surface area contributed by atoms with Crippen molar-refractivity contribution in [3.63, 3.8) is 0 Å². The highest BCUT2D eigenvalue weighted by Gasteiger charge is 2.18. The van der Waals surface area contributed by atoms with E-state index in [0.29, 0.717) is 32.4 Å². The third-order valence-corrected chi connectivity index (χ3v) is 4.35. The van der Waals surface area contributed by atoms with E-state index in [-0.39, 0.29) is 5.91 Å². The van der Waals surface area contributed by atoms with Gasteiger partial charge in [-0.3, -0.25) is 4.79 Å². The van der Waals surface area contributed by atoms with E-state index in [1.807, 2.05) is 30.3 Å². The molecule has 0 fully saturated rings. The molecule has 126 valence electrons. The molecule has 25 heavy (non-hydrogen) atoms. The Morgan fingerprint density at radius 1 is 0.920 bits per heavy atom. The third-order valence-electron chi connectivity index (χ3n) is 3.79. The van der Waals surface area contributed by atoms with E-state index in [9.17, 15) is 9.90 Å². The molecule has 0 heterocycles. The molecule has 0 aromatic heterocycles. The highest BCUT2D eigenvalue weighted by molar-refractivity contribution is 6.34. The molecule has 0 saturated heterocycles. The van der Waals surface area contributed by atoms with E-state index in [4.69, 9.17) is 23.2 Å². The first-order chi connectivity index (χ1) is 12.1. The summed E-state index contributed by atoms with van der Waals surface area (Å²) in [6, 6.07) is 20.9. The van der Waals surface area contributed by atoms with Gasteiger partial charge in [-0.1, -0.05) is 65.7 Å². The number of aliphatic hydroxyl groups is 1. The lowest BCUT2D eigenvalue weighted by molar-refractivity contribution is 0.102. The summed E-state index contributed by atoms with van der Waals surface area (Å²) >= 11 is 12.2. The number of amides is 1. The Balaban J connectivity index is 1.95. The Morgan fingerprint density at radius 3 is 2.32 bits per heavy atom.